The molecule has 0 spiro atoms. The highest BCUT2D eigenvalue weighted by molar-refractivity contribution is 7.89. The third-order valence-electron chi connectivity index (χ3n) is 6.13. The third kappa shape index (κ3) is 3.84. The fourth-order valence-electron chi connectivity index (χ4n) is 4.19. The number of aromatic nitrogens is 1. The van der Waals surface area contributed by atoms with Gasteiger partial charge in [-0.1, -0.05) is 30.2 Å². The summed E-state index contributed by atoms with van der Waals surface area (Å²) in [6.07, 6.45) is 11.4. The number of rotatable bonds is 4. The van der Waals surface area contributed by atoms with Gasteiger partial charge in [0.05, 0.1) is 10.7 Å². The Morgan fingerprint density at radius 3 is 2.46 bits per heavy atom. The Kier molecular flexibility index (Phi) is 5.76. The number of pyridine rings is 1. The van der Waals surface area contributed by atoms with Crippen LogP contribution in [0.1, 0.15) is 50.1 Å². The van der Waals surface area contributed by atoms with Gasteiger partial charge in [-0.05, 0) is 38.2 Å². The molecule has 1 saturated heterocycles. The molecule has 1 amide bonds. The molecule has 4 rings (SSSR count). The normalized spacial score (nSPS) is 24.2. The predicted octanol–water partition coefficient (Wildman–Crippen LogP) is 3.19. The number of halogens is 1. The predicted molar refractivity (Wildman–Crippen MR) is 108 cm³/mol. The van der Waals surface area contributed by atoms with Gasteiger partial charge >= 0.3 is 0 Å². The molecule has 2 heterocycles. The average Bonchev–Trinajstić information content (AvgIpc) is 2.68. The minimum absolute atomic E-state index is 0.0375. The Labute approximate surface area is 171 Å². The summed E-state index contributed by atoms with van der Waals surface area (Å²) in [5.74, 6) is 0.390. The van der Waals surface area contributed by atoms with Crippen molar-refractivity contribution in [1.82, 2.24) is 14.2 Å². The van der Waals surface area contributed by atoms with Crippen molar-refractivity contribution in [2.75, 3.05) is 26.2 Å². The summed E-state index contributed by atoms with van der Waals surface area (Å²) in [5.41, 5.74) is 0.642. The summed E-state index contributed by atoms with van der Waals surface area (Å²) in [4.78, 5) is 19.1. The molecule has 8 heteroatoms. The minimum Gasteiger partial charge on any atom is -0.340 e. The number of allylic oxidation sites excluding steroid dienone is 2. The molecule has 1 aromatic heterocycles. The van der Waals surface area contributed by atoms with Crippen molar-refractivity contribution in [3.8, 4) is 0 Å². The Bertz CT molecular complexity index is 875. The molecule has 2 aliphatic carbocycles. The topological polar surface area (TPSA) is 70.6 Å². The average molecular weight is 424 g/mol. The van der Waals surface area contributed by atoms with E-state index in [0.717, 1.165) is 38.5 Å². The van der Waals surface area contributed by atoms with Crippen molar-refractivity contribution < 1.29 is 13.2 Å². The summed E-state index contributed by atoms with van der Waals surface area (Å²) in [7, 11) is -3.67. The summed E-state index contributed by atoms with van der Waals surface area (Å²) in [6.45, 7) is 1.50. The zero-order chi connectivity index (χ0) is 19.7. The number of amides is 1. The van der Waals surface area contributed by atoms with Crippen molar-refractivity contribution in [3.63, 3.8) is 0 Å². The van der Waals surface area contributed by atoms with Crippen molar-refractivity contribution >= 4 is 27.5 Å². The number of nitrogens with zero attached hydrogens (tertiary/aromatic N) is 3. The van der Waals surface area contributed by atoms with Crippen LogP contribution in [-0.2, 0) is 14.8 Å². The first-order valence-electron chi connectivity index (χ1n) is 10.1. The lowest BCUT2D eigenvalue weighted by Crippen LogP contribution is -2.52. The van der Waals surface area contributed by atoms with Crippen LogP contribution in [0.4, 0.5) is 0 Å². The second-order valence-corrected chi connectivity index (χ2v) is 10.2. The fourth-order valence-corrected chi connectivity index (χ4v) is 6.09. The van der Waals surface area contributed by atoms with Crippen molar-refractivity contribution in [2.45, 2.75) is 49.3 Å². The molecule has 1 aromatic rings. The van der Waals surface area contributed by atoms with Crippen molar-refractivity contribution in [1.29, 1.82) is 0 Å². The number of piperazine rings is 1. The Hall–Kier alpha value is -1.44. The molecule has 0 radical (unpaired) electrons. The lowest BCUT2D eigenvalue weighted by atomic mass is 9.83. The quantitative estimate of drug-likeness (QED) is 0.697. The van der Waals surface area contributed by atoms with Crippen molar-refractivity contribution in [3.05, 3.63) is 35.1 Å². The van der Waals surface area contributed by atoms with Gasteiger partial charge in [0, 0.05) is 44.2 Å². The third-order valence-corrected chi connectivity index (χ3v) is 8.26. The molecule has 2 fully saturated rings. The lowest BCUT2D eigenvalue weighted by Gasteiger charge is -2.36. The zero-order valence-electron chi connectivity index (χ0n) is 15.9. The van der Waals surface area contributed by atoms with E-state index in [-0.39, 0.29) is 22.6 Å². The van der Waals surface area contributed by atoms with Crippen LogP contribution in [0.2, 0.25) is 5.02 Å². The summed E-state index contributed by atoms with van der Waals surface area (Å²) in [6, 6.07) is 1.53. The molecule has 28 heavy (non-hydrogen) atoms. The maximum absolute atomic E-state index is 13.3. The standard InChI is InChI=1S/C20H26ClN3O3S/c21-17-13-18(19(22-14-17)15-7-4-8-15)28(26,27)24-11-9-23(10-12-24)20(25)16-5-2-1-3-6-16/h1-2,13-16H,3-12H2. The number of hydrogen-bond donors (Lipinski definition) is 0. The van der Waals surface area contributed by atoms with Gasteiger partial charge in [-0.25, -0.2) is 8.42 Å². The first kappa shape index (κ1) is 19.9. The monoisotopic (exact) mass is 423 g/mol. The Balaban J connectivity index is 1.47. The van der Waals surface area contributed by atoms with Crippen LogP contribution in [0, 0.1) is 5.92 Å². The van der Waals surface area contributed by atoms with E-state index in [1.165, 1.54) is 16.6 Å². The smallest absolute Gasteiger partial charge is 0.245 e. The zero-order valence-corrected chi connectivity index (χ0v) is 17.5. The fraction of sp³-hybridized carbons (Fsp3) is 0.600. The molecule has 0 N–H and O–H groups in total. The second kappa shape index (κ2) is 8.13. The highest BCUT2D eigenvalue weighted by atomic mass is 35.5. The van der Waals surface area contributed by atoms with Crippen LogP contribution in [0.5, 0.6) is 0 Å². The highest BCUT2D eigenvalue weighted by Gasteiger charge is 2.36. The molecule has 1 unspecified atom stereocenters. The van der Waals surface area contributed by atoms with Gasteiger partial charge in [-0.3, -0.25) is 9.78 Å². The number of carbonyl (C=O) groups is 1. The molecular formula is C20H26ClN3O3S. The Morgan fingerprint density at radius 2 is 1.86 bits per heavy atom. The van der Waals surface area contributed by atoms with Crippen LogP contribution in [0.25, 0.3) is 0 Å². The van der Waals surface area contributed by atoms with Gasteiger partial charge in [-0.2, -0.15) is 4.31 Å². The van der Waals surface area contributed by atoms with Gasteiger partial charge in [0.2, 0.25) is 15.9 Å². The number of carbonyl (C=O) groups excluding carboxylic acids is 1. The number of sulfonamides is 1. The van der Waals surface area contributed by atoms with Gasteiger partial charge in [0.1, 0.15) is 4.90 Å². The highest BCUT2D eigenvalue weighted by Crippen LogP contribution is 2.39. The van der Waals surface area contributed by atoms with E-state index in [4.69, 9.17) is 11.6 Å². The van der Waals surface area contributed by atoms with E-state index in [2.05, 4.69) is 17.1 Å². The Morgan fingerprint density at radius 1 is 1.11 bits per heavy atom. The van der Waals surface area contributed by atoms with E-state index in [1.54, 1.807) is 0 Å². The molecule has 6 nitrogen and oxygen atoms in total. The van der Waals surface area contributed by atoms with Crippen LogP contribution in [-0.4, -0.2) is 54.7 Å². The van der Waals surface area contributed by atoms with Gasteiger partial charge in [0.15, 0.2) is 0 Å². The molecule has 0 bridgehead atoms. The van der Waals surface area contributed by atoms with Crippen molar-refractivity contribution in [2.24, 2.45) is 5.92 Å². The first-order valence-corrected chi connectivity index (χ1v) is 11.9. The lowest BCUT2D eigenvalue weighted by molar-refractivity contribution is -0.137. The summed E-state index contributed by atoms with van der Waals surface area (Å²) in [5, 5.41) is 0.334. The first-order chi connectivity index (χ1) is 13.5. The maximum Gasteiger partial charge on any atom is 0.245 e. The van der Waals surface area contributed by atoms with Crippen LogP contribution in [0.3, 0.4) is 0 Å². The molecular weight excluding hydrogens is 398 g/mol. The van der Waals surface area contributed by atoms with E-state index in [0.29, 0.717) is 36.9 Å². The molecule has 3 aliphatic rings. The molecule has 152 valence electrons. The second-order valence-electron chi connectivity index (χ2n) is 7.88. The SMILES string of the molecule is O=C(C1CC=CCC1)N1CCN(S(=O)(=O)c2cc(Cl)cnc2C2CCC2)CC1. The van der Waals surface area contributed by atoms with E-state index in [1.807, 2.05) is 4.90 Å². The number of hydrogen-bond acceptors (Lipinski definition) is 4. The van der Waals surface area contributed by atoms with Gasteiger partial charge < -0.3 is 4.90 Å². The maximum atomic E-state index is 13.3. The molecule has 1 aliphatic heterocycles. The van der Waals surface area contributed by atoms with Crippen LogP contribution >= 0.6 is 11.6 Å². The van der Waals surface area contributed by atoms with Crippen LogP contribution in [0.15, 0.2) is 29.3 Å². The van der Waals surface area contributed by atoms with E-state index >= 15 is 0 Å². The summed E-state index contributed by atoms with van der Waals surface area (Å²) >= 11 is 6.07. The van der Waals surface area contributed by atoms with Gasteiger partial charge in [-0.15, -0.1) is 0 Å². The van der Waals surface area contributed by atoms with E-state index < -0.39 is 10.0 Å². The van der Waals surface area contributed by atoms with Crippen LogP contribution < -0.4 is 0 Å². The largest absolute Gasteiger partial charge is 0.340 e. The van der Waals surface area contributed by atoms with Gasteiger partial charge in [0.25, 0.3) is 0 Å². The molecule has 1 saturated carbocycles. The minimum atomic E-state index is -3.67. The summed E-state index contributed by atoms with van der Waals surface area (Å²) < 4.78 is 28.1. The molecule has 1 atom stereocenters. The van der Waals surface area contributed by atoms with E-state index in [9.17, 15) is 13.2 Å². The molecule has 0 aromatic carbocycles.